The van der Waals surface area contributed by atoms with Crippen molar-refractivity contribution in [3.05, 3.63) is 52.0 Å². The maximum absolute atomic E-state index is 13.9. The van der Waals surface area contributed by atoms with Crippen LogP contribution in [0.15, 0.2) is 36.4 Å². The zero-order valence-corrected chi connectivity index (χ0v) is 24.4. The second-order valence-electron chi connectivity index (χ2n) is 9.82. The van der Waals surface area contributed by atoms with Crippen molar-refractivity contribution in [2.24, 2.45) is 0 Å². The molecule has 4 rings (SSSR count). The normalized spacial score (nSPS) is 20.0. The molecule has 0 spiro atoms. The lowest BCUT2D eigenvalue weighted by atomic mass is 10.1. The first kappa shape index (κ1) is 31.1. The Labute approximate surface area is 251 Å². The first-order valence-corrected chi connectivity index (χ1v) is 14.0. The third-order valence-electron chi connectivity index (χ3n) is 6.75. The third kappa shape index (κ3) is 6.94. The monoisotopic (exact) mass is 620 g/mol. The van der Waals surface area contributed by atoms with E-state index in [1.54, 1.807) is 24.3 Å². The number of nitrogens with zero attached hydrogens (tertiary/aromatic N) is 2. The molecule has 4 amide bonds. The smallest absolute Gasteiger partial charge is 0.310 e. The summed E-state index contributed by atoms with van der Waals surface area (Å²) >= 11 is 11.9. The molecule has 0 saturated carbocycles. The van der Waals surface area contributed by atoms with E-state index in [0.29, 0.717) is 12.3 Å². The van der Waals surface area contributed by atoms with Crippen molar-refractivity contribution in [2.45, 2.75) is 51.5 Å². The summed E-state index contributed by atoms with van der Waals surface area (Å²) in [7, 11) is 0. The van der Waals surface area contributed by atoms with Crippen LogP contribution in [0.1, 0.15) is 43.5 Å². The van der Waals surface area contributed by atoms with E-state index in [-0.39, 0.29) is 34.3 Å². The number of carbonyl (C=O) groups is 5. The summed E-state index contributed by atoms with van der Waals surface area (Å²) in [6, 6.07) is 6.87. The lowest BCUT2D eigenvalue weighted by molar-refractivity contribution is -0.165. The Morgan fingerprint density at radius 2 is 1.76 bits per heavy atom. The molecule has 14 heteroatoms. The van der Waals surface area contributed by atoms with Crippen molar-refractivity contribution >= 4 is 64.2 Å². The van der Waals surface area contributed by atoms with E-state index in [4.69, 9.17) is 32.7 Å². The Balaban J connectivity index is 1.59. The van der Waals surface area contributed by atoms with Crippen molar-refractivity contribution < 1.29 is 38.6 Å². The van der Waals surface area contributed by atoms with E-state index >= 15 is 0 Å². The number of phenolic OH excluding ortho intramolecular Hbond substituents is 1. The zero-order chi connectivity index (χ0) is 30.6. The van der Waals surface area contributed by atoms with Crippen molar-refractivity contribution in [3.63, 3.8) is 0 Å². The van der Waals surface area contributed by atoms with Crippen LogP contribution in [-0.2, 0) is 28.7 Å². The number of halogens is 2. The molecule has 42 heavy (non-hydrogen) atoms. The van der Waals surface area contributed by atoms with E-state index in [9.17, 15) is 29.1 Å². The van der Waals surface area contributed by atoms with Gasteiger partial charge in [-0.3, -0.25) is 28.9 Å². The minimum absolute atomic E-state index is 0.0314. The average Bonchev–Trinajstić information content (AvgIpc) is 3.24. The predicted octanol–water partition coefficient (Wildman–Crippen LogP) is 2.77. The van der Waals surface area contributed by atoms with Gasteiger partial charge in [0.1, 0.15) is 18.6 Å². The van der Waals surface area contributed by atoms with E-state index in [0.717, 1.165) is 12.8 Å². The maximum atomic E-state index is 13.9. The van der Waals surface area contributed by atoms with Gasteiger partial charge in [-0.25, -0.2) is 0 Å². The first-order valence-electron chi connectivity index (χ1n) is 13.3. The number of carbonyl (C=O) groups excluding carboxylic acids is 5. The van der Waals surface area contributed by atoms with Crippen LogP contribution in [0.3, 0.4) is 0 Å². The number of aromatic hydroxyl groups is 1. The van der Waals surface area contributed by atoms with Crippen LogP contribution in [0.5, 0.6) is 5.75 Å². The molecule has 2 aromatic carbocycles. The number of para-hydroxylation sites is 2. The molecule has 3 N–H and O–H groups in total. The number of esters is 1. The highest BCUT2D eigenvalue weighted by atomic mass is 35.5. The van der Waals surface area contributed by atoms with Gasteiger partial charge in [0, 0.05) is 12.5 Å². The minimum Gasteiger partial charge on any atom is -0.505 e. The maximum Gasteiger partial charge on any atom is 0.310 e. The van der Waals surface area contributed by atoms with Crippen LogP contribution in [0.4, 0.5) is 11.4 Å². The van der Waals surface area contributed by atoms with Gasteiger partial charge in [-0.15, -0.1) is 0 Å². The molecule has 0 aliphatic carbocycles. The highest BCUT2D eigenvalue weighted by Gasteiger charge is 2.40. The number of benzene rings is 2. The second kappa shape index (κ2) is 13.4. The topological polar surface area (TPSA) is 155 Å². The predicted molar refractivity (Wildman–Crippen MR) is 153 cm³/mol. The standard InChI is InChI=1S/C28H30Cl2N4O8/c1-3-4-9-41-28-19(12-24(37)42-28)31-23(36)14-34-22-8-6-5-7-21(22)33(15(2)35)13-20(27(34)40)32-26(39)16-10-17(29)25(38)18(30)11-16/h5-8,10-11,19-20,28,38H,3-4,9,12-14H2,1-2H3,(H,31,36)(H,32,39)/t19-,20?,28?/m0/s1. The first-order chi connectivity index (χ1) is 20.0. The van der Waals surface area contributed by atoms with Gasteiger partial charge in [0.25, 0.3) is 11.8 Å². The highest BCUT2D eigenvalue weighted by molar-refractivity contribution is 6.37. The number of nitrogens with one attached hydrogen (secondary N) is 2. The van der Waals surface area contributed by atoms with Crippen LogP contribution in [0, 0.1) is 0 Å². The lowest BCUT2D eigenvalue weighted by Gasteiger charge is -2.26. The summed E-state index contributed by atoms with van der Waals surface area (Å²) in [5.74, 6) is -3.34. The van der Waals surface area contributed by atoms with Crippen LogP contribution in [-0.4, -0.2) is 72.8 Å². The number of rotatable bonds is 9. The molecule has 2 heterocycles. The molecule has 1 fully saturated rings. The average molecular weight is 621 g/mol. The number of hydrogen-bond acceptors (Lipinski definition) is 8. The molecule has 0 aromatic heterocycles. The Bertz CT molecular complexity index is 1380. The second-order valence-corrected chi connectivity index (χ2v) is 10.6. The summed E-state index contributed by atoms with van der Waals surface area (Å²) in [6.07, 6.45) is 0.567. The molecular formula is C28H30Cl2N4O8. The molecular weight excluding hydrogens is 591 g/mol. The van der Waals surface area contributed by atoms with Crippen molar-refractivity contribution in [3.8, 4) is 5.75 Å². The molecule has 224 valence electrons. The fraction of sp³-hybridized carbons (Fsp3) is 0.393. The largest absolute Gasteiger partial charge is 0.505 e. The zero-order valence-electron chi connectivity index (χ0n) is 22.9. The van der Waals surface area contributed by atoms with E-state index in [1.807, 2.05) is 6.92 Å². The number of ether oxygens (including phenoxy) is 2. The van der Waals surface area contributed by atoms with Gasteiger partial charge < -0.3 is 30.1 Å². The summed E-state index contributed by atoms with van der Waals surface area (Å²) in [5.41, 5.74) is 0.602. The summed E-state index contributed by atoms with van der Waals surface area (Å²) in [4.78, 5) is 67.4. The highest BCUT2D eigenvalue weighted by Crippen LogP contribution is 2.34. The molecule has 2 aliphatic heterocycles. The number of anilines is 2. The van der Waals surface area contributed by atoms with Gasteiger partial charge in [0.2, 0.25) is 18.1 Å². The number of phenols is 1. The Hall–Kier alpha value is -3.87. The number of amides is 4. The van der Waals surface area contributed by atoms with Gasteiger partial charge >= 0.3 is 5.97 Å². The van der Waals surface area contributed by atoms with Crippen LogP contribution >= 0.6 is 23.2 Å². The van der Waals surface area contributed by atoms with Crippen LogP contribution in [0.25, 0.3) is 0 Å². The fourth-order valence-corrected chi connectivity index (χ4v) is 5.13. The van der Waals surface area contributed by atoms with Gasteiger partial charge in [-0.05, 0) is 30.7 Å². The van der Waals surface area contributed by atoms with Gasteiger partial charge in [0.05, 0.1) is 41.0 Å². The molecule has 0 radical (unpaired) electrons. The molecule has 12 nitrogen and oxygen atoms in total. The van der Waals surface area contributed by atoms with Gasteiger partial charge in [-0.2, -0.15) is 0 Å². The van der Waals surface area contributed by atoms with E-state index in [2.05, 4.69) is 10.6 Å². The number of fused-ring (bicyclic) bond motifs is 1. The fourth-order valence-electron chi connectivity index (χ4n) is 4.64. The molecule has 2 aromatic rings. The third-order valence-corrected chi connectivity index (χ3v) is 7.32. The molecule has 3 atom stereocenters. The van der Waals surface area contributed by atoms with Gasteiger partial charge in [-0.1, -0.05) is 48.7 Å². The van der Waals surface area contributed by atoms with Crippen molar-refractivity contribution in [1.82, 2.24) is 10.6 Å². The van der Waals surface area contributed by atoms with Crippen LogP contribution < -0.4 is 20.4 Å². The molecule has 2 aliphatic rings. The molecule has 1 saturated heterocycles. The number of cyclic esters (lactones) is 1. The van der Waals surface area contributed by atoms with Crippen LogP contribution in [0.2, 0.25) is 10.0 Å². The van der Waals surface area contributed by atoms with Crippen molar-refractivity contribution in [1.29, 1.82) is 0 Å². The lowest BCUT2D eigenvalue weighted by Crippen LogP contribution is -2.55. The SMILES string of the molecule is CCCCOC1OC(=O)C[C@@H]1NC(=O)CN1C(=O)C(NC(=O)c2cc(Cl)c(O)c(Cl)c2)CN(C(C)=O)c2ccccc21. The van der Waals surface area contributed by atoms with Crippen molar-refractivity contribution in [2.75, 3.05) is 29.5 Å². The van der Waals surface area contributed by atoms with Gasteiger partial charge in [0.15, 0.2) is 5.75 Å². The quantitative estimate of drug-likeness (QED) is 0.285. The summed E-state index contributed by atoms with van der Waals surface area (Å²) in [5, 5.41) is 14.8. The Morgan fingerprint density at radius 1 is 1.10 bits per heavy atom. The molecule has 2 unspecified atom stereocenters. The Morgan fingerprint density at radius 3 is 2.40 bits per heavy atom. The number of unbranched alkanes of at least 4 members (excludes halogenated alkanes) is 1. The minimum atomic E-state index is -1.28. The Kier molecular flexibility index (Phi) is 9.92. The van der Waals surface area contributed by atoms with E-state index in [1.165, 1.54) is 28.9 Å². The molecule has 0 bridgehead atoms. The van der Waals surface area contributed by atoms with E-state index < -0.39 is 60.3 Å². The summed E-state index contributed by atoms with van der Waals surface area (Å²) in [6.45, 7) is 2.93. The summed E-state index contributed by atoms with van der Waals surface area (Å²) < 4.78 is 10.8. The number of hydrogen-bond donors (Lipinski definition) is 3.